The third-order valence-corrected chi connectivity index (χ3v) is 6.62. The maximum atomic E-state index is 12.2. The summed E-state index contributed by atoms with van der Waals surface area (Å²) in [5.74, 6) is 0.968. The molecule has 1 aliphatic heterocycles. The van der Waals surface area contributed by atoms with Crippen LogP contribution in [0.3, 0.4) is 0 Å². The molecule has 9 heteroatoms. The Kier molecular flexibility index (Phi) is 6.90. The van der Waals surface area contributed by atoms with Crippen molar-refractivity contribution >= 4 is 33.2 Å². The van der Waals surface area contributed by atoms with E-state index in [1.165, 1.54) is 5.56 Å². The maximum Gasteiger partial charge on any atom is 0.248 e. The second-order valence-electron chi connectivity index (χ2n) is 9.32. The lowest BCUT2D eigenvalue weighted by atomic mass is 10.1. The molecule has 8 nitrogen and oxygen atoms in total. The summed E-state index contributed by atoms with van der Waals surface area (Å²) in [6.07, 6.45) is 1.01. The number of imidazole rings is 1. The van der Waals surface area contributed by atoms with Crippen molar-refractivity contribution < 1.29 is 9.53 Å². The molecule has 33 heavy (non-hydrogen) atoms. The number of carbonyl (C=O) groups is 1. The van der Waals surface area contributed by atoms with Crippen molar-refractivity contribution in [2.75, 3.05) is 49.6 Å². The summed E-state index contributed by atoms with van der Waals surface area (Å²) in [5, 5.41) is 9.47. The molecule has 1 N–H and O–H groups in total. The fourth-order valence-corrected chi connectivity index (χ4v) is 4.81. The maximum absolute atomic E-state index is 12.2. The average Bonchev–Trinajstić information content (AvgIpc) is 3.36. The van der Waals surface area contributed by atoms with Crippen LogP contribution in [0.5, 0.6) is 0 Å². The number of aromatic nitrogens is 3. The average molecular weight is 471 g/mol. The number of fused-ring (bicyclic) bond motifs is 1. The van der Waals surface area contributed by atoms with E-state index in [0.717, 1.165) is 46.7 Å². The molecule has 4 rings (SSSR count). The number of benzene rings is 1. The Morgan fingerprint density at radius 2 is 1.82 bits per heavy atom. The minimum absolute atomic E-state index is 0.0563. The van der Waals surface area contributed by atoms with Gasteiger partial charge in [-0.3, -0.25) is 4.79 Å². The van der Waals surface area contributed by atoms with Crippen molar-refractivity contribution in [3.8, 4) is 11.3 Å². The summed E-state index contributed by atoms with van der Waals surface area (Å²) in [6.45, 7) is 14.1. The molecule has 1 saturated heterocycles. The minimum atomic E-state index is -0.135. The standard InChI is InChI=1S/C24H34N6O2S/c1-6-17-8-10-18(11-9-17)20-21(26-24(3,4)5)30-22(25-20)33-23(27-30)29-14-12-28(13-15-29)19(31)16-32-7-2/h8-11,26H,6-7,12-16H2,1-5H3. The van der Waals surface area contributed by atoms with Crippen molar-refractivity contribution in [3.63, 3.8) is 0 Å². The molecule has 3 aromatic rings. The summed E-state index contributed by atoms with van der Waals surface area (Å²) in [6, 6.07) is 8.60. The SMILES string of the molecule is CCOCC(=O)N1CCN(c2nn3c(NC(C)(C)C)c(-c4ccc(CC)cc4)nc3s2)CC1. The van der Waals surface area contributed by atoms with E-state index in [2.05, 4.69) is 62.2 Å². The first kappa shape index (κ1) is 23.5. The second kappa shape index (κ2) is 9.69. The van der Waals surface area contributed by atoms with Gasteiger partial charge < -0.3 is 19.9 Å². The third-order valence-electron chi connectivity index (χ3n) is 5.65. The van der Waals surface area contributed by atoms with Crippen LogP contribution in [-0.4, -0.2) is 70.3 Å². The van der Waals surface area contributed by atoms with Crippen LogP contribution >= 0.6 is 11.3 Å². The zero-order valence-electron chi connectivity index (χ0n) is 20.2. The van der Waals surface area contributed by atoms with E-state index in [4.69, 9.17) is 14.8 Å². The normalized spacial score (nSPS) is 14.8. The molecule has 0 atom stereocenters. The molecular weight excluding hydrogens is 436 g/mol. The number of piperazine rings is 1. The molecule has 3 heterocycles. The molecule has 2 aromatic heterocycles. The Morgan fingerprint density at radius 1 is 1.12 bits per heavy atom. The van der Waals surface area contributed by atoms with Crippen molar-refractivity contribution in [2.24, 2.45) is 0 Å². The van der Waals surface area contributed by atoms with Crippen molar-refractivity contribution in [1.82, 2.24) is 19.5 Å². The lowest BCUT2D eigenvalue weighted by molar-refractivity contribution is -0.136. The highest BCUT2D eigenvalue weighted by Gasteiger charge is 2.26. The molecule has 0 spiro atoms. The highest BCUT2D eigenvalue weighted by atomic mass is 32.1. The summed E-state index contributed by atoms with van der Waals surface area (Å²) in [4.78, 5) is 22.2. The quantitative estimate of drug-likeness (QED) is 0.564. The highest BCUT2D eigenvalue weighted by molar-refractivity contribution is 7.20. The highest BCUT2D eigenvalue weighted by Crippen LogP contribution is 2.35. The van der Waals surface area contributed by atoms with Gasteiger partial charge in [-0.15, -0.1) is 5.10 Å². The molecule has 1 fully saturated rings. The van der Waals surface area contributed by atoms with Gasteiger partial charge in [0.1, 0.15) is 12.3 Å². The van der Waals surface area contributed by atoms with Crippen LogP contribution in [-0.2, 0) is 16.0 Å². The van der Waals surface area contributed by atoms with Crippen LogP contribution in [0.2, 0.25) is 0 Å². The zero-order valence-corrected chi connectivity index (χ0v) is 21.0. The number of ether oxygens (including phenoxy) is 1. The van der Waals surface area contributed by atoms with E-state index in [0.29, 0.717) is 19.7 Å². The lowest BCUT2D eigenvalue weighted by Gasteiger charge is -2.34. The summed E-state index contributed by atoms with van der Waals surface area (Å²) in [7, 11) is 0. The summed E-state index contributed by atoms with van der Waals surface area (Å²) >= 11 is 1.59. The lowest BCUT2D eigenvalue weighted by Crippen LogP contribution is -2.49. The van der Waals surface area contributed by atoms with Gasteiger partial charge in [-0.1, -0.05) is 42.5 Å². The van der Waals surface area contributed by atoms with Gasteiger partial charge >= 0.3 is 0 Å². The Hall–Kier alpha value is -2.65. The molecule has 0 unspecified atom stereocenters. The van der Waals surface area contributed by atoms with Crippen molar-refractivity contribution in [1.29, 1.82) is 0 Å². The molecule has 1 aliphatic rings. The smallest absolute Gasteiger partial charge is 0.248 e. The molecular formula is C24H34N6O2S. The number of rotatable bonds is 7. The van der Waals surface area contributed by atoms with Crippen LogP contribution in [0.4, 0.5) is 10.9 Å². The molecule has 1 aromatic carbocycles. The zero-order chi connectivity index (χ0) is 23.6. The van der Waals surface area contributed by atoms with Crippen molar-refractivity contribution in [2.45, 2.75) is 46.6 Å². The van der Waals surface area contributed by atoms with E-state index in [-0.39, 0.29) is 18.1 Å². The van der Waals surface area contributed by atoms with Gasteiger partial charge in [0.2, 0.25) is 16.0 Å². The first-order valence-electron chi connectivity index (χ1n) is 11.7. The van der Waals surface area contributed by atoms with E-state index in [1.54, 1.807) is 11.3 Å². The molecule has 0 saturated carbocycles. The van der Waals surface area contributed by atoms with Gasteiger partial charge in [0, 0.05) is 43.9 Å². The summed E-state index contributed by atoms with van der Waals surface area (Å²) < 4.78 is 7.20. The molecule has 0 radical (unpaired) electrons. The first-order valence-corrected chi connectivity index (χ1v) is 12.5. The first-order chi connectivity index (χ1) is 15.8. The molecule has 1 amide bonds. The number of hydrogen-bond acceptors (Lipinski definition) is 7. The monoisotopic (exact) mass is 470 g/mol. The predicted molar refractivity (Wildman–Crippen MR) is 134 cm³/mol. The topological polar surface area (TPSA) is 75.0 Å². The largest absolute Gasteiger partial charge is 0.372 e. The number of amides is 1. The Labute approximate surface area is 199 Å². The Morgan fingerprint density at radius 3 is 2.42 bits per heavy atom. The van der Waals surface area contributed by atoms with Gasteiger partial charge in [0.05, 0.1) is 0 Å². The number of anilines is 2. The van der Waals surface area contributed by atoms with Gasteiger partial charge in [-0.25, -0.2) is 4.98 Å². The van der Waals surface area contributed by atoms with Crippen LogP contribution < -0.4 is 10.2 Å². The second-order valence-corrected chi connectivity index (χ2v) is 10.3. The number of carbonyl (C=O) groups excluding carboxylic acids is 1. The molecule has 178 valence electrons. The summed E-state index contributed by atoms with van der Waals surface area (Å²) in [5.41, 5.74) is 3.18. The Balaban J connectivity index is 1.58. The number of nitrogens with zero attached hydrogens (tertiary/aromatic N) is 5. The minimum Gasteiger partial charge on any atom is -0.372 e. The number of aryl methyl sites for hydroxylation is 1. The van der Waals surface area contributed by atoms with Gasteiger partial charge in [-0.05, 0) is 39.7 Å². The fraction of sp³-hybridized carbons (Fsp3) is 0.542. The fourth-order valence-electron chi connectivity index (χ4n) is 3.86. The van der Waals surface area contributed by atoms with Crippen LogP contribution in [0.15, 0.2) is 24.3 Å². The van der Waals surface area contributed by atoms with E-state index < -0.39 is 0 Å². The van der Waals surface area contributed by atoms with Crippen LogP contribution in [0.1, 0.15) is 40.2 Å². The van der Waals surface area contributed by atoms with E-state index >= 15 is 0 Å². The van der Waals surface area contributed by atoms with Crippen LogP contribution in [0.25, 0.3) is 16.2 Å². The molecule has 0 aliphatic carbocycles. The van der Waals surface area contributed by atoms with E-state index in [9.17, 15) is 4.79 Å². The van der Waals surface area contributed by atoms with Crippen molar-refractivity contribution in [3.05, 3.63) is 29.8 Å². The number of nitrogens with one attached hydrogen (secondary N) is 1. The van der Waals surface area contributed by atoms with Gasteiger partial charge in [-0.2, -0.15) is 4.52 Å². The third kappa shape index (κ3) is 5.30. The Bertz CT molecular complexity index is 1090. The molecule has 0 bridgehead atoms. The van der Waals surface area contributed by atoms with Gasteiger partial charge in [0.15, 0.2) is 5.82 Å². The number of hydrogen-bond donors (Lipinski definition) is 1. The van der Waals surface area contributed by atoms with Gasteiger partial charge in [0.25, 0.3) is 0 Å². The van der Waals surface area contributed by atoms with Crippen LogP contribution in [0, 0.1) is 0 Å². The predicted octanol–water partition coefficient (Wildman–Crippen LogP) is 3.92. The van der Waals surface area contributed by atoms with E-state index in [1.807, 2.05) is 16.3 Å².